The van der Waals surface area contributed by atoms with Crippen LogP contribution in [-0.4, -0.2) is 34.1 Å². The number of rotatable bonds is 6. The largest absolute Gasteiger partial charge is 0.479 e. The number of carbonyl (C=O) groups is 3. The second-order valence-electron chi connectivity index (χ2n) is 6.65. The number of amides is 2. The van der Waals surface area contributed by atoms with Gasteiger partial charge < -0.3 is 9.84 Å². The summed E-state index contributed by atoms with van der Waals surface area (Å²) >= 11 is 5.20. The minimum atomic E-state index is -1.08. The van der Waals surface area contributed by atoms with Crippen molar-refractivity contribution in [2.45, 2.75) is 26.4 Å². The number of nitrogens with one attached hydrogen (secondary N) is 1. The zero-order chi connectivity index (χ0) is 21.8. The van der Waals surface area contributed by atoms with Gasteiger partial charge in [0, 0.05) is 0 Å². The van der Waals surface area contributed by atoms with E-state index in [4.69, 9.17) is 22.1 Å². The lowest BCUT2D eigenvalue weighted by Gasteiger charge is -2.29. The molecule has 1 aliphatic rings. The Labute approximate surface area is 179 Å². The van der Waals surface area contributed by atoms with Gasteiger partial charge in [-0.3, -0.25) is 19.8 Å². The minimum absolute atomic E-state index is 0.0257. The van der Waals surface area contributed by atoms with Gasteiger partial charge in [0.05, 0.1) is 5.69 Å². The maximum atomic E-state index is 13.0. The average molecular weight is 424 g/mol. The Morgan fingerprint density at radius 2 is 1.80 bits per heavy atom. The van der Waals surface area contributed by atoms with Crippen LogP contribution in [-0.2, 0) is 20.8 Å². The summed E-state index contributed by atoms with van der Waals surface area (Å²) in [6.07, 6.45) is 1.33. The summed E-state index contributed by atoms with van der Waals surface area (Å²) in [7, 11) is 0. The maximum Gasteiger partial charge on any atom is 0.344 e. The highest BCUT2D eigenvalue weighted by atomic mass is 32.1. The zero-order valence-corrected chi connectivity index (χ0v) is 17.2. The van der Waals surface area contributed by atoms with Crippen LogP contribution in [0.2, 0.25) is 0 Å². The molecule has 154 valence electrons. The Kier molecular flexibility index (Phi) is 6.27. The molecule has 2 amide bonds. The van der Waals surface area contributed by atoms with Gasteiger partial charge in [-0.15, -0.1) is 0 Å². The van der Waals surface area contributed by atoms with Crippen molar-refractivity contribution in [2.75, 3.05) is 4.90 Å². The molecule has 1 fully saturated rings. The molecule has 0 spiro atoms. The molecule has 3 rings (SSSR count). The molecule has 1 saturated heterocycles. The summed E-state index contributed by atoms with van der Waals surface area (Å²) in [6.45, 7) is 3.46. The molecular weight excluding hydrogens is 404 g/mol. The Balaban J connectivity index is 1.85. The lowest BCUT2D eigenvalue weighted by Crippen LogP contribution is -2.54. The minimum Gasteiger partial charge on any atom is -0.479 e. The third-order valence-electron chi connectivity index (χ3n) is 4.56. The molecule has 2 N–H and O–H groups in total. The smallest absolute Gasteiger partial charge is 0.344 e. The first-order valence-corrected chi connectivity index (χ1v) is 9.71. The van der Waals surface area contributed by atoms with Crippen molar-refractivity contribution in [3.8, 4) is 5.75 Å². The molecule has 7 nitrogen and oxygen atoms in total. The molecule has 0 bridgehead atoms. The number of aliphatic carboxylic acids is 1. The van der Waals surface area contributed by atoms with Crippen LogP contribution in [0.1, 0.15) is 25.0 Å². The van der Waals surface area contributed by atoms with Crippen molar-refractivity contribution in [1.82, 2.24) is 5.32 Å². The molecule has 0 unspecified atom stereocenters. The van der Waals surface area contributed by atoms with Crippen LogP contribution in [0, 0.1) is 0 Å². The number of carboxylic acid groups (broad SMARTS) is 1. The lowest BCUT2D eigenvalue weighted by molar-refractivity contribution is -0.144. The molecule has 1 aliphatic heterocycles. The van der Waals surface area contributed by atoms with E-state index in [1.807, 2.05) is 19.1 Å². The predicted molar refractivity (Wildman–Crippen MR) is 116 cm³/mol. The van der Waals surface area contributed by atoms with Crippen LogP contribution >= 0.6 is 12.2 Å². The summed E-state index contributed by atoms with van der Waals surface area (Å²) in [5.74, 6) is -1.81. The molecule has 2 aromatic carbocycles. The highest BCUT2D eigenvalue weighted by Gasteiger charge is 2.34. The zero-order valence-electron chi connectivity index (χ0n) is 16.4. The molecule has 0 aliphatic carbocycles. The average Bonchev–Trinajstić information content (AvgIpc) is 2.72. The van der Waals surface area contributed by atoms with Gasteiger partial charge in [0.2, 0.25) is 0 Å². The van der Waals surface area contributed by atoms with Crippen LogP contribution in [0.5, 0.6) is 5.75 Å². The maximum absolute atomic E-state index is 13.0. The van der Waals surface area contributed by atoms with Crippen LogP contribution in [0.4, 0.5) is 5.69 Å². The van der Waals surface area contributed by atoms with Crippen LogP contribution in [0.15, 0.2) is 54.1 Å². The fourth-order valence-electron chi connectivity index (χ4n) is 2.84. The normalized spacial score (nSPS) is 16.4. The molecule has 2 aromatic rings. The number of nitrogens with zero attached hydrogens (tertiary/aromatic N) is 1. The van der Waals surface area contributed by atoms with Crippen LogP contribution < -0.4 is 15.0 Å². The van der Waals surface area contributed by atoms with Gasteiger partial charge >= 0.3 is 5.97 Å². The number of carbonyl (C=O) groups excluding carboxylic acids is 2. The number of anilines is 1. The number of thiocarbonyl (C=S) groups is 1. The fourth-order valence-corrected chi connectivity index (χ4v) is 3.12. The Hall–Kier alpha value is -3.52. The molecule has 1 atom stereocenters. The second-order valence-corrected chi connectivity index (χ2v) is 7.03. The monoisotopic (exact) mass is 424 g/mol. The Morgan fingerprint density at radius 1 is 1.17 bits per heavy atom. The first-order valence-electron chi connectivity index (χ1n) is 9.30. The van der Waals surface area contributed by atoms with Gasteiger partial charge in [-0.05, 0) is 67.0 Å². The van der Waals surface area contributed by atoms with Crippen molar-refractivity contribution in [3.05, 3.63) is 65.2 Å². The Bertz CT molecular complexity index is 1030. The number of hydrogen-bond donors (Lipinski definition) is 2. The molecule has 0 saturated carbocycles. The van der Waals surface area contributed by atoms with E-state index in [0.717, 1.165) is 12.0 Å². The quantitative estimate of drug-likeness (QED) is 0.421. The second kappa shape index (κ2) is 8.87. The standard InChI is InChI=1S/C22H20N2O5S/c1-3-14-4-8-16(9-5-14)24-20(26)18(19(25)23-22(24)30)12-15-6-10-17(11-7-15)29-13(2)21(27)28/h4-13H,3H2,1-2H3,(H,27,28)(H,23,25,30)/b18-12-/t13-/m0/s1. The highest BCUT2D eigenvalue weighted by molar-refractivity contribution is 7.80. The van der Waals surface area contributed by atoms with E-state index in [9.17, 15) is 14.4 Å². The number of ether oxygens (including phenoxy) is 1. The summed E-state index contributed by atoms with van der Waals surface area (Å²) in [5.41, 5.74) is 2.21. The number of aryl methyl sites for hydroxylation is 1. The van der Waals surface area contributed by atoms with E-state index in [-0.39, 0.29) is 10.7 Å². The summed E-state index contributed by atoms with van der Waals surface area (Å²) in [5, 5.41) is 11.5. The van der Waals surface area contributed by atoms with Crippen molar-refractivity contribution >= 4 is 46.9 Å². The summed E-state index contributed by atoms with van der Waals surface area (Å²) in [4.78, 5) is 37.6. The molecular formula is C22H20N2O5S. The first kappa shape index (κ1) is 21.2. The van der Waals surface area contributed by atoms with Gasteiger partial charge in [0.1, 0.15) is 11.3 Å². The highest BCUT2D eigenvalue weighted by Crippen LogP contribution is 2.23. The molecule has 1 heterocycles. The van der Waals surface area contributed by atoms with Gasteiger partial charge in [0.15, 0.2) is 11.2 Å². The van der Waals surface area contributed by atoms with E-state index in [2.05, 4.69) is 5.32 Å². The summed E-state index contributed by atoms with van der Waals surface area (Å²) in [6, 6.07) is 13.8. The van der Waals surface area contributed by atoms with E-state index >= 15 is 0 Å². The number of carboxylic acids is 1. The van der Waals surface area contributed by atoms with Gasteiger partial charge in [-0.25, -0.2) is 4.79 Å². The lowest BCUT2D eigenvalue weighted by atomic mass is 10.1. The topological polar surface area (TPSA) is 95.9 Å². The van der Waals surface area contributed by atoms with Crippen molar-refractivity contribution in [2.24, 2.45) is 0 Å². The van der Waals surface area contributed by atoms with Crippen molar-refractivity contribution < 1.29 is 24.2 Å². The van der Waals surface area contributed by atoms with Gasteiger partial charge in [-0.1, -0.05) is 31.2 Å². The van der Waals surface area contributed by atoms with Gasteiger partial charge in [0.25, 0.3) is 11.8 Å². The fraction of sp³-hybridized carbons (Fsp3) is 0.182. The predicted octanol–water partition coefficient (Wildman–Crippen LogP) is 2.93. The molecule has 30 heavy (non-hydrogen) atoms. The third-order valence-corrected chi connectivity index (χ3v) is 4.84. The van der Waals surface area contributed by atoms with E-state index in [0.29, 0.717) is 17.0 Å². The first-order chi connectivity index (χ1) is 14.3. The summed E-state index contributed by atoms with van der Waals surface area (Å²) < 4.78 is 5.28. The Morgan fingerprint density at radius 3 is 2.37 bits per heavy atom. The molecule has 0 aromatic heterocycles. The SMILES string of the molecule is CCc1ccc(N2C(=O)/C(=C\c3ccc(O[C@@H](C)C(=O)O)cc3)C(=O)NC2=S)cc1. The number of hydrogen-bond acceptors (Lipinski definition) is 5. The van der Waals surface area contributed by atoms with E-state index in [1.54, 1.807) is 36.4 Å². The molecule has 8 heteroatoms. The third kappa shape index (κ3) is 4.55. The van der Waals surface area contributed by atoms with E-state index in [1.165, 1.54) is 17.9 Å². The van der Waals surface area contributed by atoms with Gasteiger partial charge in [-0.2, -0.15) is 0 Å². The van der Waals surface area contributed by atoms with Crippen molar-refractivity contribution in [3.63, 3.8) is 0 Å². The van der Waals surface area contributed by atoms with E-state index < -0.39 is 23.9 Å². The van der Waals surface area contributed by atoms with Crippen LogP contribution in [0.3, 0.4) is 0 Å². The number of benzene rings is 2. The van der Waals surface area contributed by atoms with Crippen LogP contribution in [0.25, 0.3) is 6.08 Å². The van der Waals surface area contributed by atoms with Crippen molar-refractivity contribution in [1.29, 1.82) is 0 Å². The molecule has 0 radical (unpaired) electrons.